The lowest BCUT2D eigenvalue weighted by atomic mass is 10.1. The van der Waals surface area contributed by atoms with E-state index in [0.717, 1.165) is 0 Å². The molecule has 0 unspecified atom stereocenters. The number of methoxy groups -OCH3 is 1. The third-order valence-electron chi connectivity index (χ3n) is 1.95. The summed E-state index contributed by atoms with van der Waals surface area (Å²) >= 11 is 2.95. The highest BCUT2D eigenvalue weighted by molar-refractivity contribution is 9.09. The summed E-state index contributed by atoms with van der Waals surface area (Å²) in [4.78, 5) is 21.6. The molecule has 0 aliphatic carbocycles. The van der Waals surface area contributed by atoms with Crippen molar-refractivity contribution in [3.63, 3.8) is 0 Å². The first-order valence-electron chi connectivity index (χ1n) is 4.22. The monoisotopic (exact) mass is 288 g/mol. The van der Waals surface area contributed by atoms with Crippen LogP contribution in [0.3, 0.4) is 0 Å². The van der Waals surface area contributed by atoms with Crippen LogP contribution >= 0.6 is 15.9 Å². The first-order valence-corrected chi connectivity index (χ1v) is 5.34. The van der Waals surface area contributed by atoms with Crippen LogP contribution in [-0.4, -0.2) is 23.1 Å². The normalized spacial score (nSPS) is 9.88. The number of hydrogen-bond acceptors (Lipinski definition) is 5. The molecule has 0 saturated heterocycles. The number of alkyl halides is 1. The molecule has 86 valence electrons. The Kier molecular flexibility index (Phi) is 3.83. The molecule has 0 heterocycles. The number of halogens is 1. The molecule has 0 saturated carbocycles. The molecule has 0 aliphatic rings. The lowest BCUT2D eigenvalue weighted by molar-refractivity contribution is -0.384. The number of anilines is 1. The topological polar surface area (TPSA) is 95.5 Å². The molecule has 0 fully saturated rings. The van der Waals surface area contributed by atoms with Crippen molar-refractivity contribution in [1.29, 1.82) is 0 Å². The van der Waals surface area contributed by atoms with Crippen LogP contribution in [0, 0.1) is 10.1 Å². The Morgan fingerprint density at radius 3 is 2.69 bits per heavy atom. The van der Waals surface area contributed by atoms with E-state index in [1.54, 1.807) is 0 Å². The highest BCUT2D eigenvalue weighted by Gasteiger charge is 2.24. The van der Waals surface area contributed by atoms with Gasteiger partial charge in [0.2, 0.25) is 0 Å². The predicted octanol–water partition coefficient (Wildman–Crippen LogP) is 1.76. The van der Waals surface area contributed by atoms with Gasteiger partial charge in [-0.05, 0) is 6.07 Å². The average molecular weight is 289 g/mol. The third kappa shape index (κ3) is 2.30. The Bertz CT molecular complexity index is 447. The van der Waals surface area contributed by atoms with Crippen molar-refractivity contribution in [1.82, 2.24) is 0 Å². The number of ketones is 1. The van der Waals surface area contributed by atoms with Crippen molar-refractivity contribution in [2.24, 2.45) is 0 Å². The van der Waals surface area contributed by atoms with Gasteiger partial charge in [-0.15, -0.1) is 0 Å². The molecule has 0 aliphatic heterocycles. The van der Waals surface area contributed by atoms with Crippen LogP contribution < -0.4 is 10.5 Å². The van der Waals surface area contributed by atoms with Gasteiger partial charge in [0.1, 0.15) is 17.0 Å². The number of rotatable bonds is 4. The molecule has 1 aromatic rings. The molecule has 0 amide bonds. The summed E-state index contributed by atoms with van der Waals surface area (Å²) in [6.45, 7) is 0. The highest BCUT2D eigenvalue weighted by atomic mass is 79.9. The summed E-state index contributed by atoms with van der Waals surface area (Å²) < 4.78 is 4.89. The summed E-state index contributed by atoms with van der Waals surface area (Å²) in [5.41, 5.74) is 4.97. The Balaban J connectivity index is 3.46. The molecule has 6 nitrogen and oxygen atoms in total. The van der Waals surface area contributed by atoms with Gasteiger partial charge in [-0.25, -0.2) is 0 Å². The molecule has 7 heteroatoms. The number of nitro groups is 1. The van der Waals surface area contributed by atoms with Gasteiger partial charge in [0.15, 0.2) is 5.78 Å². The second-order valence-corrected chi connectivity index (χ2v) is 3.49. The van der Waals surface area contributed by atoms with Gasteiger partial charge in [-0.2, -0.15) is 0 Å². The Morgan fingerprint density at radius 2 is 2.25 bits per heavy atom. The van der Waals surface area contributed by atoms with Crippen molar-refractivity contribution in [2.45, 2.75) is 0 Å². The summed E-state index contributed by atoms with van der Waals surface area (Å²) in [5, 5.41) is 10.8. The minimum atomic E-state index is -0.676. The van der Waals surface area contributed by atoms with Gasteiger partial charge in [0, 0.05) is 6.07 Å². The first-order chi connectivity index (χ1) is 7.51. The third-order valence-corrected chi connectivity index (χ3v) is 2.46. The van der Waals surface area contributed by atoms with Crippen molar-refractivity contribution < 1.29 is 14.5 Å². The number of hydrogen-bond donors (Lipinski definition) is 1. The number of carbonyl (C=O) groups is 1. The van der Waals surface area contributed by atoms with Crippen molar-refractivity contribution in [3.05, 3.63) is 27.8 Å². The van der Waals surface area contributed by atoms with Crippen LogP contribution in [0.15, 0.2) is 12.1 Å². The number of ether oxygens (including phenoxy) is 1. The van der Waals surface area contributed by atoms with Gasteiger partial charge in [-0.1, -0.05) is 15.9 Å². The predicted molar refractivity (Wildman–Crippen MR) is 62.2 cm³/mol. The molecule has 0 radical (unpaired) electrons. The molecule has 0 atom stereocenters. The van der Waals surface area contributed by atoms with E-state index in [4.69, 9.17) is 10.5 Å². The first kappa shape index (κ1) is 12.4. The Hall–Kier alpha value is -1.63. The number of nitro benzene ring substituents is 1. The summed E-state index contributed by atoms with van der Waals surface area (Å²) in [6, 6.07) is 2.61. The molecular weight excluding hydrogens is 280 g/mol. The fourth-order valence-corrected chi connectivity index (χ4v) is 1.54. The number of nitrogens with two attached hydrogens (primary N) is 1. The standard InChI is InChI=1S/C9H9BrN2O4/c1-16-5-2-6(8(13)4-10)9(12(14)15)7(11)3-5/h2-3H,4,11H2,1H3. The number of nitrogens with zero attached hydrogens (tertiary/aromatic N) is 1. The van der Waals surface area contributed by atoms with E-state index < -0.39 is 10.7 Å². The second-order valence-electron chi connectivity index (χ2n) is 2.93. The Morgan fingerprint density at radius 1 is 1.62 bits per heavy atom. The van der Waals surface area contributed by atoms with Gasteiger partial charge in [-0.3, -0.25) is 14.9 Å². The maximum Gasteiger partial charge on any atom is 0.303 e. The minimum absolute atomic E-state index is 0.0134. The zero-order valence-corrected chi connectivity index (χ0v) is 9.98. The van der Waals surface area contributed by atoms with Gasteiger partial charge in [0.25, 0.3) is 0 Å². The van der Waals surface area contributed by atoms with Crippen LogP contribution in [-0.2, 0) is 0 Å². The zero-order valence-electron chi connectivity index (χ0n) is 8.40. The van der Waals surface area contributed by atoms with Crippen molar-refractivity contribution in [2.75, 3.05) is 18.2 Å². The molecule has 2 N–H and O–H groups in total. The molecule has 16 heavy (non-hydrogen) atoms. The van der Waals surface area contributed by atoms with E-state index in [9.17, 15) is 14.9 Å². The fourth-order valence-electron chi connectivity index (χ4n) is 1.24. The smallest absolute Gasteiger partial charge is 0.303 e. The highest BCUT2D eigenvalue weighted by Crippen LogP contribution is 2.31. The van der Waals surface area contributed by atoms with Crippen LogP contribution in [0.4, 0.5) is 11.4 Å². The van der Waals surface area contributed by atoms with E-state index in [1.165, 1.54) is 19.2 Å². The van der Waals surface area contributed by atoms with Crippen LogP contribution in [0.5, 0.6) is 5.75 Å². The summed E-state index contributed by atoms with van der Waals surface area (Å²) in [7, 11) is 1.39. The van der Waals surface area contributed by atoms with Gasteiger partial charge in [0.05, 0.1) is 17.4 Å². The van der Waals surface area contributed by atoms with Crippen molar-refractivity contribution in [3.8, 4) is 5.75 Å². The van der Waals surface area contributed by atoms with Crippen LogP contribution in [0.25, 0.3) is 0 Å². The maximum absolute atomic E-state index is 11.5. The van der Waals surface area contributed by atoms with E-state index >= 15 is 0 Å². The van der Waals surface area contributed by atoms with Crippen LogP contribution in [0.2, 0.25) is 0 Å². The average Bonchev–Trinajstić information content (AvgIpc) is 2.26. The van der Waals surface area contributed by atoms with E-state index in [2.05, 4.69) is 15.9 Å². The van der Waals surface area contributed by atoms with Gasteiger partial charge < -0.3 is 10.5 Å². The Labute approximate surface area is 99.7 Å². The summed E-state index contributed by atoms with van der Waals surface area (Å²) in [6.07, 6.45) is 0. The van der Waals surface area contributed by atoms with Crippen molar-refractivity contribution >= 4 is 33.1 Å². The largest absolute Gasteiger partial charge is 0.497 e. The quantitative estimate of drug-likeness (QED) is 0.299. The van der Waals surface area contributed by atoms with Gasteiger partial charge >= 0.3 is 5.69 Å². The van der Waals surface area contributed by atoms with E-state index in [1.807, 2.05) is 0 Å². The lowest BCUT2D eigenvalue weighted by Crippen LogP contribution is -2.08. The van der Waals surface area contributed by atoms with Crippen LogP contribution in [0.1, 0.15) is 10.4 Å². The van der Waals surface area contributed by atoms with E-state index in [-0.39, 0.29) is 22.3 Å². The van der Waals surface area contributed by atoms with E-state index in [0.29, 0.717) is 5.75 Å². The summed E-state index contributed by atoms with van der Waals surface area (Å²) in [5.74, 6) is -0.107. The molecular formula is C9H9BrN2O4. The lowest BCUT2D eigenvalue weighted by Gasteiger charge is -2.06. The molecule has 0 spiro atoms. The molecule has 1 aromatic carbocycles. The number of Topliss-reactive ketones (excluding diaryl/α,β-unsaturated/α-hetero) is 1. The molecule has 1 rings (SSSR count). The zero-order chi connectivity index (χ0) is 12.3. The number of benzene rings is 1. The number of nitrogen functional groups attached to an aromatic ring is 1. The SMILES string of the molecule is COc1cc(N)c([N+](=O)[O-])c(C(=O)CBr)c1. The number of carbonyl (C=O) groups excluding carboxylic acids is 1. The second kappa shape index (κ2) is 4.93. The fraction of sp³-hybridized carbons (Fsp3) is 0.222. The minimum Gasteiger partial charge on any atom is -0.497 e. The maximum atomic E-state index is 11.5. The molecule has 0 bridgehead atoms. The molecule has 0 aromatic heterocycles.